The Balaban J connectivity index is 1.54. The summed E-state index contributed by atoms with van der Waals surface area (Å²) in [6.07, 6.45) is 11.2. The monoisotopic (exact) mass is 295 g/mol. The predicted molar refractivity (Wildman–Crippen MR) is 81.3 cm³/mol. The van der Waals surface area contributed by atoms with Crippen LogP contribution in [-0.2, 0) is 9.53 Å². The third-order valence-electron chi connectivity index (χ3n) is 5.63. The fourth-order valence-electron chi connectivity index (χ4n) is 4.13. The maximum atomic E-state index is 11.7. The van der Waals surface area contributed by atoms with Crippen LogP contribution >= 0.6 is 0 Å². The molecule has 3 aliphatic carbocycles. The molecule has 2 N–H and O–H groups in total. The number of aliphatic carboxylic acids is 1. The molecule has 21 heavy (non-hydrogen) atoms. The third-order valence-corrected chi connectivity index (χ3v) is 5.63. The van der Waals surface area contributed by atoms with E-state index in [4.69, 9.17) is 4.74 Å². The minimum atomic E-state index is -0.718. The molecule has 0 bridgehead atoms. The molecule has 3 fully saturated rings. The van der Waals surface area contributed by atoms with Gasteiger partial charge in [-0.15, -0.1) is 0 Å². The molecule has 0 saturated heterocycles. The topological polar surface area (TPSA) is 58.6 Å². The van der Waals surface area contributed by atoms with E-state index in [2.05, 4.69) is 12.2 Å². The molecule has 3 aliphatic rings. The van der Waals surface area contributed by atoms with E-state index >= 15 is 0 Å². The van der Waals surface area contributed by atoms with Crippen molar-refractivity contribution in [3.63, 3.8) is 0 Å². The number of carboxylic acid groups (broad SMARTS) is 1. The van der Waals surface area contributed by atoms with Gasteiger partial charge in [0.1, 0.15) is 5.54 Å². The van der Waals surface area contributed by atoms with E-state index in [9.17, 15) is 9.90 Å². The first-order valence-corrected chi connectivity index (χ1v) is 8.78. The van der Waals surface area contributed by atoms with E-state index in [-0.39, 0.29) is 6.10 Å². The van der Waals surface area contributed by atoms with Crippen molar-refractivity contribution in [2.24, 2.45) is 5.92 Å². The molecule has 3 rings (SSSR count). The van der Waals surface area contributed by atoms with Crippen LogP contribution in [-0.4, -0.2) is 34.9 Å². The van der Waals surface area contributed by atoms with Crippen LogP contribution in [0.3, 0.4) is 0 Å². The maximum absolute atomic E-state index is 11.7. The number of hydrogen-bond donors (Lipinski definition) is 2. The van der Waals surface area contributed by atoms with Crippen LogP contribution in [0.1, 0.15) is 71.1 Å². The largest absolute Gasteiger partial charge is 0.480 e. The summed E-state index contributed by atoms with van der Waals surface area (Å²) in [5, 5.41) is 13.0. The minimum absolute atomic E-state index is 0.132. The fraction of sp³-hybridized carbons (Fsp3) is 0.941. The molecular weight excluding hydrogens is 266 g/mol. The summed E-state index contributed by atoms with van der Waals surface area (Å²) in [7, 11) is 0. The Hall–Kier alpha value is -0.610. The van der Waals surface area contributed by atoms with Crippen LogP contribution in [0.15, 0.2) is 0 Å². The zero-order chi connectivity index (χ0) is 14.9. The van der Waals surface area contributed by atoms with Gasteiger partial charge >= 0.3 is 5.97 Å². The lowest BCUT2D eigenvalue weighted by atomic mass is 9.85. The first-order chi connectivity index (χ1) is 10.1. The average Bonchev–Trinajstić information content (AvgIpc) is 3.19. The first-order valence-electron chi connectivity index (χ1n) is 8.78. The van der Waals surface area contributed by atoms with Gasteiger partial charge in [-0.25, -0.2) is 0 Å². The smallest absolute Gasteiger partial charge is 0.324 e. The minimum Gasteiger partial charge on any atom is -0.480 e. The summed E-state index contributed by atoms with van der Waals surface area (Å²) in [4.78, 5) is 11.7. The lowest BCUT2D eigenvalue weighted by molar-refractivity contribution is -0.145. The Morgan fingerprint density at radius 1 is 1.24 bits per heavy atom. The van der Waals surface area contributed by atoms with E-state index in [1.54, 1.807) is 0 Å². The molecule has 4 nitrogen and oxygen atoms in total. The van der Waals surface area contributed by atoms with Gasteiger partial charge in [-0.3, -0.25) is 10.1 Å². The number of carboxylic acids is 1. The van der Waals surface area contributed by atoms with Gasteiger partial charge in [0.2, 0.25) is 0 Å². The van der Waals surface area contributed by atoms with Gasteiger partial charge in [0.15, 0.2) is 0 Å². The Morgan fingerprint density at radius 2 is 2.05 bits per heavy atom. The molecule has 0 radical (unpaired) electrons. The number of hydrogen-bond acceptors (Lipinski definition) is 3. The Bertz CT molecular complexity index is 382. The lowest BCUT2D eigenvalue weighted by Crippen LogP contribution is -2.51. The summed E-state index contributed by atoms with van der Waals surface area (Å²) in [5.41, 5.74) is -0.718. The highest BCUT2D eigenvalue weighted by Gasteiger charge is 2.49. The summed E-state index contributed by atoms with van der Waals surface area (Å²) < 4.78 is 6.29. The van der Waals surface area contributed by atoms with E-state index in [1.807, 2.05) is 0 Å². The molecule has 120 valence electrons. The number of ether oxygens (including phenoxy) is 1. The Labute approximate surface area is 127 Å². The molecule has 3 saturated carbocycles. The van der Waals surface area contributed by atoms with E-state index in [1.165, 1.54) is 25.7 Å². The van der Waals surface area contributed by atoms with Crippen molar-refractivity contribution in [2.45, 2.75) is 94.9 Å². The summed E-state index contributed by atoms with van der Waals surface area (Å²) in [6, 6.07) is 0.430. The molecule has 0 aromatic heterocycles. The standard InChI is InChI=1S/C17H29NO3/c1-2-12-4-3-5-14(10-12)21-15-8-9-17(11-15,16(19)20)18-13-6-7-13/h12-15,18H,2-11H2,1H3,(H,19,20). The van der Waals surface area contributed by atoms with Crippen LogP contribution in [0.2, 0.25) is 0 Å². The van der Waals surface area contributed by atoms with Crippen LogP contribution in [0.5, 0.6) is 0 Å². The van der Waals surface area contributed by atoms with Crippen LogP contribution < -0.4 is 5.32 Å². The maximum Gasteiger partial charge on any atom is 0.324 e. The second kappa shape index (κ2) is 6.25. The molecule has 0 heterocycles. The van der Waals surface area contributed by atoms with Crippen molar-refractivity contribution in [1.29, 1.82) is 0 Å². The number of nitrogens with one attached hydrogen (secondary N) is 1. The average molecular weight is 295 g/mol. The summed E-state index contributed by atoms with van der Waals surface area (Å²) in [5.74, 6) is 0.120. The van der Waals surface area contributed by atoms with Gasteiger partial charge in [-0.1, -0.05) is 26.2 Å². The first kappa shape index (κ1) is 15.3. The molecule has 4 unspecified atom stereocenters. The quantitative estimate of drug-likeness (QED) is 0.790. The van der Waals surface area contributed by atoms with Crippen LogP contribution in [0, 0.1) is 5.92 Å². The molecule has 0 aromatic carbocycles. The highest BCUT2D eigenvalue weighted by molar-refractivity contribution is 5.79. The lowest BCUT2D eigenvalue weighted by Gasteiger charge is -2.31. The van der Waals surface area contributed by atoms with Crippen molar-refractivity contribution in [3.8, 4) is 0 Å². The molecular formula is C17H29NO3. The zero-order valence-electron chi connectivity index (χ0n) is 13.1. The van der Waals surface area contributed by atoms with Gasteiger partial charge < -0.3 is 9.84 Å². The van der Waals surface area contributed by atoms with Gasteiger partial charge in [0.25, 0.3) is 0 Å². The SMILES string of the molecule is CCC1CCCC(OC2CCC(NC3CC3)(C(=O)O)C2)C1. The highest BCUT2D eigenvalue weighted by atomic mass is 16.5. The molecule has 0 aliphatic heterocycles. The van der Waals surface area contributed by atoms with Gasteiger partial charge in [0.05, 0.1) is 12.2 Å². The van der Waals surface area contributed by atoms with Gasteiger partial charge in [-0.2, -0.15) is 0 Å². The van der Waals surface area contributed by atoms with Gasteiger partial charge in [0, 0.05) is 12.5 Å². The van der Waals surface area contributed by atoms with Crippen LogP contribution in [0.4, 0.5) is 0 Å². The molecule has 0 aromatic rings. The highest BCUT2D eigenvalue weighted by Crippen LogP contribution is 2.38. The fourth-order valence-corrected chi connectivity index (χ4v) is 4.13. The second-order valence-corrected chi connectivity index (χ2v) is 7.37. The van der Waals surface area contributed by atoms with Crippen molar-refractivity contribution in [1.82, 2.24) is 5.32 Å². The van der Waals surface area contributed by atoms with Gasteiger partial charge in [-0.05, 0) is 44.4 Å². The summed E-state index contributed by atoms with van der Waals surface area (Å²) >= 11 is 0. The van der Waals surface area contributed by atoms with E-state index in [0.29, 0.717) is 25.0 Å². The van der Waals surface area contributed by atoms with Crippen molar-refractivity contribution in [2.75, 3.05) is 0 Å². The van der Waals surface area contributed by atoms with Crippen molar-refractivity contribution < 1.29 is 14.6 Å². The Morgan fingerprint density at radius 3 is 2.71 bits per heavy atom. The van der Waals surface area contributed by atoms with Crippen molar-refractivity contribution >= 4 is 5.97 Å². The Kier molecular flexibility index (Phi) is 4.55. The molecule has 4 atom stereocenters. The number of rotatable bonds is 6. The zero-order valence-corrected chi connectivity index (χ0v) is 13.1. The third kappa shape index (κ3) is 3.59. The summed E-state index contributed by atoms with van der Waals surface area (Å²) in [6.45, 7) is 2.26. The van der Waals surface area contributed by atoms with E-state index in [0.717, 1.165) is 31.6 Å². The second-order valence-electron chi connectivity index (χ2n) is 7.37. The normalized spacial score (nSPS) is 40.3. The molecule has 0 amide bonds. The predicted octanol–water partition coefficient (Wildman–Crippen LogP) is 3.10. The van der Waals surface area contributed by atoms with Crippen molar-refractivity contribution in [3.05, 3.63) is 0 Å². The molecule has 4 heteroatoms. The van der Waals surface area contributed by atoms with Crippen LogP contribution in [0.25, 0.3) is 0 Å². The molecule has 0 spiro atoms. The van der Waals surface area contributed by atoms with E-state index < -0.39 is 11.5 Å². The number of carbonyl (C=O) groups is 1.